The molecule has 0 unspecified atom stereocenters. The molecule has 1 aliphatic rings. The van der Waals surface area contributed by atoms with Gasteiger partial charge in [0.15, 0.2) is 9.84 Å². The summed E-state index contributed by atoms with van der Waals surface area (Å²) >= 11 is 0. The Bertz CT molecular complexity index is 1070. The summed E-state index contributed by atoms with van der Waals surface area (Å²) in [5.74, 6) is -0.527. The van der Waals surface area contributed by atoms with Crippen LogP contribution in [0.4, 0.5) is 5.69 Å². The van der Waals surface area contributed by atoms with E-state index in [2.05, 4.69) is 0 Å². The summed E-state index contributed by atoms with van der Waals surface area (Å²) < 4.78 is 34.6. The third kappa shape index (κ3) is 4.12. The van der Waals surface area contributed by atoms with Crippen molar-refractivity contribution in [1.82, 2.24) is 0 Å². The number of sulfone groups is 1. The molecule has 0 aliphatic carbocycles. The highest BCUT2D eigenvalue weighted by molar-refractivity contribution is 7.90. The van der Waals surface area contributed by atoms with Crippen LogP contribution in [0.2, 0.25) is 0 Å². The van der Waals surface area contributed by atoms with Crippen LogP contribution in [0.25, 0.3) is 0 Å². The molecule has 29 heavy (non-hydrogen) atoms. The zero-order valence-corrected chi connectivity index (χ0v) is 17.6. The van der Waals surface area contributed by atoms with Gasteiger partial charge < -0.3 is 14.4 Å². The minimum Gasteiger partial charge on any atom is -0.490 e. The number of ether oxygens (including phenoxy) is 2. The maximum Gasteiger partial charge on any atom is 0.338 e. The van der Waals surface area contributed by atoms with Crippen LogP contribution in [-0.4, -0.2) is 46.3 Å². The SMILES string of the molecule is COC(=O)c1cccc2c1CCN2C(=O)c1cc(S(C)(=O)=O)ccc1OC(C)C. The molecule has 7 nitrogen and oxygen atoms in total. The summed E-state index contributed by atoms with van der Waals surface area (Å²) in [6.07, 6.45) is 1.40. The number of amides is 1. The molecule has 0 saturated heterocycles. The third-order valence-corrected chi connectivity index (χ3v) is 5.76. The summed E-state index contributed by atoms with van der Waals surface area (Å²) in [5, 5.41) is 0. The van der Waals surface area contributed by atoms with Gasteiger partial charge in [0.05, 0.1) is 29.2 Å². The maximum atomic E-state index is 13.4. The van der Waals surface area contributed by atoms with Crippen LogP contribution in [0.3, 0.4) is 0 Å². The zero-order chi connectivity index (χ0) is 21.3. The Kier molecular flexibility index (Phi) is 5.66. The van der Waals surface area contributed by atoms with E-state index in [1.54, 1.807) is 18.2 Å². The highest BCUT2D eigenvalue weighted by Gasteiger charge is 2.31. The summed E-state index contributed by atoms with van der Waals surface area (Å²) in [7, 11) is -2.19. The van der Waals surface area contributed by atoms with Gasteiger partial charge in [-0.1, -0.05) is 6.07 Å². The first-order valence-corrected chi connectivity index (χ1v) is 11.1. The lowest BCUT2D eigenvalue weighted by atomic mass is 10.1. The van der Waals surface area contributed by atoms with Crippen molar-refractivity contribution < 1.29 is 27.5 Å². The second-order valence-electron chi connectivity index (χ2n) is 7.10. The van der Waals surface area contributed by atoms with E-state index in [0.29, 0.717) is 30.0 Å². The van der Waals surface area contributed by atoms with E-state index in [1.807, 2.05) is 13.8 Å². The Labute approximate surface area is 170 Å². The van der Waals surface area contributed by atoms with Crippen molar-refractivity contribution in [3.05, 3.63) is 53.1 Å². The van der Waals surface area contributed by atoms with Crippen molar-refractivity contribution in [2.24, 2.45) is 0 Å². The number of hydrogen-bond donors (Lipinski definition) is 0. The number of methoxy groups -OCH3 is 1. The van der Waals surface area contributed by atoms with E-state index in [-0.39, 0.29) is 22.5 Å². The van der Waals surface area contributed by atoms with Crippen LogP contribution in [0.1, 0.15) is 40.1 Å². The van der Waals surface area contributed by atoms with Gasteiger partial charge in [0, 0.05) is 18.5 Å². The fraction of sp³-hybridized carbons (Fsp3) is 0.333. The number of hydrogen-bond acceptors (Lipinski definition) is 6. The molecule has 0 atom stereocenters. The standard InChI is InChI=1S/C21H23NO6S/c1-13(2)28-19-9-8-14(29(4,25)26)12-17(19)20(23)22-11-10-15-16(21(24)27-3)6-5-7-18(15)22/h5-9,12-13H,10-11H2,1-4H3. The lowest BCUT2D eigenvalue weighted by Gasteiger charge is -2.21. The smallest absolute Gasteiger partial charge is 0.338 e. The molecule has 0 spiro atoms. The molecule has 0 radical (unpaired) electrons. The molecule has 0 saturated carbocycles. The van der Waals surface area contributed by atoms with Gasteiger partial charge in [-0.2, -0.15) is 0 Å². The number of nitrogens with zero attached hydrogens (tertiary/aromatic N) is 1. The van der Waals surface area contributed by atoms with Gasteiger partial charge in [-0.05, 0) is 56.2 Å². The highest BCUT2D eigenvalue weighted by Crippen LogP contribution is 2.34. The van der Waals surface area contributed by atoms with Gasteiger partial charge in [-0.3, -0.25) is 4.79 Å². The van der Waals surface area contributed by atoms with Crippen molar-refractivity contribution in [2.45, 2.75) is 31.3 Å². The molecule has 154 valence electrons. The monoisotopic (exact) mass is 417 g/mol. The van der Waals surface area contributed by atoms with Gasteiger partial charge >= 0.3 is 5.97 Å². The Morgan fingerprint density at radius 1 is 1.10 bits per heavy atom. The van der Waals surface area contributed by atoms with Crippen LogP contribution >= 0.6 is 0 Å². The number of rotatable bonds is 5. The molecule has 2 aromatic rings. The minimum absolute atomic E-state index is 0.0414. The van der Waals surface area contributed by atoms with Crippen molar-refractivity contribution in [1.29, 1.82) is 0 Å². The van der Waals surface area contributed by atoms with Gasteiger partial charge in [0.25, 0.3) is 5.91 Å². The van der Waals surface area contributed by atoms with E-state index < -0.39 is 15.8 Å². The molecule has 1 amide bonds. The first kappa shape index (κ1) is 20.9. The number of carbonyl (C=O) groups is 2. The summed E-state index contributed by atoms with van der Waals surface area (Å²) in [4.78, 5) is 27.0. The predicted molar refractivity (Wildman–Crippen MR) is 108 cm³/mol. The number of anilines is 1. The lowest BCUT2D eigenvalue weighted by Crippen LogP contribution is -2.29. The van der Waals surface area contributed by atoms with Gasteiger partial charge in [-0.25, -0.2) is 13.2 Å². The van der Waals surface area contributed by atoms with Crippen molar-refractivity contribution in [2.75, 3.05) is 24.8 Å². The molecule has 1 aliphatic heterocycles. The van der Waals surface area contributed by atoms with E-state index >= 15 is 0 Å². The van der Waals surface area contributed by atoms with Crippen LogP contribution < -0.4 is 9.64 Å². The number of benzene rings is 2. The molecule has 2 aromatic carbocycles. The van der Waals surface area contributed by atoms with Crippen LogP contribution in [0, 0.1) is 0 Å². The summed E-state index contributed by atoms with van der Waals surface area (Å²) in [6.45, 7) is 4.02. The van der Waals surface area contributed by atoms with Crippen LogP contribution in [0.15, 0.2) is 41.3 Å². The normalized spacial score (nSPS) is 13.3. The quantitative estimate of drug-likeness (QED) is 0.695. The summed E-state index contributed by atoms with van der Waals surface area (Å²) in [5.41, 5.74) is 1.93. The molecular weight excluding hydrogens is 394 g/mol. The van der Waals surface area contributed by atoms with E-state index in [0.717, 1.165) is 11.8 Å². The fourth-order valence-electron chi connectivity index (χ4n) is 3.36. The van der Waals surface area contributed by atoms with Gasteiger partial charge in [-0.15, -0.1) is 0 Å². The zero-order valence-electron chi connectivity index (χ0n) is 16.8. The first-order chi connectivity index (χ1) is 13.6. The highest BCUT2D eigenvalue weighted by atomic mass is 32.2. The topological polar surface area (TPSA) is 90.0 Å². The molecule has 8 heteroatoms. The van der Waals surface area contributed by atoms with Crippen molar-refractivity contribution >= 4 is 27.4 Å². The molecule has 0 bridgehead atoms. The number of fused-ring (bicyclic) bond motifs is 1. The lowest BCUT2D eigenvalue weighted by molar-refractivity contribution is 0.0599. The molecular formula is C21H23NO6S. The second-order valence-corrected chi connectivity index (χ2v) is 9.11. The van der Waals surface area contributed by atoms with Crippen molar-refractivity contribution in [3.8, 4) is 5.75 Å². The molecule has 3 rings (SSSR count). The van der Waals surface area contributed by atoms with Gasteiger partial charge in [0.1, 0.15) is 5.75 Å². The minimum atomic E-state index is -3.50. The number of esters is 1. The van der Waals surface area contributed by atoms with E-state index in [4.69, 9.17) is 9.47 Å². The summed E-state index contributed by atoms with van der Waals surface area (Å²) in [6, 6.07) is 9.39. The van der Waals surface area contributed by atoms with Crippen molar-refractivity contribution in [3.63, 3.8) is 0 Å². The predicted octanol–water partition coefficient (Wildman–Crippen LogP) is 2.87. The van der Waals surface area contributed by atoms with E-state index in [1.165, 1.54) is 30.2 Å². The maximum absolute atomic E-state index is 13.4. The molecule has 0 aromatic heterocycles. The largest absolute Gasteiger partial charge is 0.490 e. The van der Waals surface area contributed by atoms with E-state index in [9.17, 15) is 18.0 Å². The fourth-order valence-corrected chi connectivity index (χ4v) is 4.00. The Morgan fingerprint density at radius 2 is 1.83 bits per heavy atom. The Morgan fingerprint density at radius 3 is 2.45 bits per heavy atom. The molecule has 0 N–H and O–H groups in total. The van der Waals surface area contributed by atoms with Gasteiger partial charge in [0.2, 0.25) is 0 Å². The second kappa shape index (κ2) is 7.87. The Hall–Kier alpha value is -2.87. The first-order valence-electron chi connectivity index (χ1n) is 9.16. The molecule has 0 fully saturated rings. The average Bonchev–Trinajstić information content (AvgIpc) is 3.10. The van der Waals surface area contributed by atoms with Crippen LogP contribution in [-0.2, 0) is 21.0 Å². The average molecular weight is 417 g/mol. The molecule has 1 heterocycles. The Balaban J connectivity index is 2.07. The van der Waals surface area contributed by atoms with Crippen LogP contribution in [0.5, 0.6) is 5.75 Å². The number of carbonyl (C=O) groups excluding carboxylic acids is 2. The third-order valence-electron chi connectivity index (χ3n) is 4.65.